The molecular formula is C21H26N2O3. The van der Waals surface area contributed by atoms with Gasteiger partial charge in [-0.3, -0.25) is 9.78 Å². The summed E-state index contributed by atoms with van der Waals surface area (Å²) in [4.78, 5) is 16.3. The molecule has 0 aliphatic heterocycles. The van der Waals surface area contributed by atoms with Crippen LogP contribution in [0.3, 0.4) is 0 Å². The van der Waals surface area contributed by atoms with Gasteiger partial charge in [-0.1, -0.05) is 24.3 Å². The third-order valence-electron chi connectivity index (χ3n) is 3.79. The lowest BCUT2D eigenvalue weighted by molar-refractivity contribution is -0.134. The van der Waals surface area contributed by atoms with Gasteiger partial charge in [0.15, 0.2) is 5.60 Å². The van der Waals surface area contributed by atoms with Crippen LogP contribution in [-0.2, 0) is 9.53 Å². The lowest BCUT2D eigenvalue weighted by atomic mass is 10.1. The van der Waals surface area contributed by atoms with Gasteiger partial charge in [-0.25, -0.2) is 0 Å². The van der Waals surface area contributed by atoms with E-state index >= 15 is 0 Å². The molecule has 1 heterocycles. The predicted molar refractivity (Wildman–Crippen MR) is 104 cm³/mol. The summed E-state index contributed by atoms with van der Waals surface area (Å²) in [6.07, 6.45) is 8.34. The molecule has 2 aromatic rings. The van der Waals surface area contributed by atoms with Crippen molar-refractivity contribution < 1.29 is 14.3 Å². The molecule has 138 valence electrons. The maximum Gasteiger partial charge on any atom is 0.263 e. The van der Waals surface area contributed by atoms with Gasteiger partial charge in [-0.05, 0) is 55.7 Å². The molecule has 1 aromatic carbocycles. The van der Waals surface area contributed by atoms with Crippen LogP contribution in [0.15, 0.2) is 48.8 Å². The first-order chi connectivity index (χ1) is 12.5. The van der Waals surface area contributed by atoms with Gasteiger partial charge in [0.2, 0.25) is 0 Å². The number of aromatic nitrogens is 1. The Morgan fingerprint density at radius 2 is 1.69 bits per heavy atom. The number of carbonyl (C=O) groups excluding carboxylic acids is 1. The maximum absolute atomic E-state index is 12.3. The molecule has 26 heavy (non-hydrogen) atoms. The maximum atomic E-state index is 12.3. The van der Waals surface area contributed by atoms with Crippen molar-refractivity contribution in [2.24, 2.45) is 0 Å². The Morgan fingerprint density at radius 1 is 1.08 bits per heavy atom. The van der Waals surface area contributed by atoms with Crippen LogP contribution in [-0.4, -0.2) is 36.8 Å². The molecule has 0 aliphatic carbocycles. The molecule has 5 heteroatoms. The zero-order valence-electron chi connectivity index (χ0n) is 15.6. The Balaban J connectivity index is 1.91. The highest BCUT2D eigenvalue weighted by Gasteiger charge is 2.29. The van der Waals surface area contributed by atoms with Crippen molar-refractivity contribution in [2.45, 2.75) is 25.9 Å². The number of nitrogens with one attached hydrogen (secondary N) is 1. The normalized spacial score (nSPS) is 11.5. The number of rotatable bonds is 9. The molecule has 1 aromatic heterocycles. The molecule has 0 radical (unpaired) electrons. The van der Waals surface area contributed by atoms with Gasteiger partial charge in [-0.15, -0.1) is 0 Å². The summed E-state index contributed by atoms with van der Waals surface area (Å²) in [5.41, 5.74) is 1.20. The molecule has 0 spiro atoms. The Bertz CT molecular complexity index is 710. The van der Waals surface area contributed by atoms with Gasteiger partial charge < -0.3 is 14.8 Å². The zero-order chi connectivity index (χ0) is 18.8. The molecule has 0 atom stereocenters. The van der Waals surface area contributed by atoms with Crippen LogP contribution in [0.25, 0.3) is 12.2 Å². The van der Waals surface area contributed by atoms with Crippen LogP contribution in [0.2, 0.25) is 0 Å². The van der Waals surface area contributed by atoms with Crippen molar-refractivity contribution in [3.8, 4) is 5.75 Å². The van der Waals surface area contributed by atoms with Crippen LogP contribution < -0.4 is 10.1 Å². The largest absolute Gasteiger partial charge is 0.478 e. The van der Waals surface area contributed by atoms with Crippen molar-refractivity contribution in [3.63, 3.8) is 0 Å². The summed E-state index contributed by atoms with van der Waals surface area (Å²) < 4.78 is 10.8. The molecule has 0 saturated carbocycles. The Labute approximate surface area is 155 Å². The molecule has 2 rings (SSSR count). The van der Waals surface area contributed by atoms with E-state index in [4.69, 9.17) is 9.47 Å². The van der Waals surface area contributed by atoms with E-state index < -0.39 is 5.60 Å². The minimum Gasteiger partial charge on any atom is -0.478 e. The lowest BCUT2D eigenvalue weighted by Gasteiger charge is -2.25. The molecule has 0 fully saturated rings. The lowest BCUT2D eigenvalue weighted by Crippen LogP contribution is -2.46. The SMILES string of the molecule is COCCCNC(=O)C(C)(C)Oc1ccc(/C=C/c2ccncc2)cc1. The fraction of sp³-hybridized carbons (Fsp3) is 0.333. The van der Waals surface area contributed by atoms with Gasteiger partial charge in [0.25, 0.3) is 5.91 Å². The standard InChI is InChI=1S/C21H26N2O3/c1-21(2,20(24)23-13-4-16-25-3)26-19-9-7-17(8-10-19)5-6-18-11-14-22-15-12-18/h5-12,14-15H,4,13,16H2,1-3H3,(H,23,24)/b6-5+. The smallest absolute Gasteiger partial charge is 0.263 e. The topological polar surface area (TPSA) is 60.5 Å². The predicted octanol–water partition coefficient (Wildman–Crippen LogP) is 3.56. The molecule has 1 amide bonds. The van der Waals surface area contributed by atoms with Crippen LogP contribution in [0.4, 0.5) is 0 Å². The van der Waals surface area contributed by atoms with E-state index in [2.05, 4.69) is 10.3 Å². The van der Waals surface area contributed by atoms with Crippen LogP contribution >= 0.6 is 0 Å². The highest BCUT2D eigenvalue weighted by molar-refractivity contribution is 5.84. The van der Waals surface area contributed by atoms with E-state index in [-0.39, 0.29) is 5.91 Å². The van der Waals surface area contributed by atoms with Crippen LogP contribution in [0, 0.1) is 0 Å². The summed E-state index contributed by atoms with van der Waals surface area (Å²) in [6.45, 7) is 4.71. The molecule has 0 unspecified atom stereocenters. The van der Waals surface area contributed by atoms with Crippen LogP contribution in [0.1, 0.15) is 31.4 Å². The monoisotopic (exact) mass is 354 g/mol. The first kappa shape index (κ1) is 19.7. The fourth-order valence-electron chi connectivity index (χ4n) is 2.29. The van der Waals surface area contributed by atoms with Gasteiger partial charge in [0.05, 0.1) is 0 Å². The Kier molecular flexibility index (Phi) is 7.36. The number of hydrogen-bond acceptors (Lipinski definition) is 4. The summed E-state index contributed by atoms with van der Waals surface area (Å²) in [5, 5.41) is 2.87. The van der Waals surface area contributed by atoms with E-state index in [9.17, 15) is 4.79 Å². The fourth-order valence-corrected chi connectivity index (χ4v) is 2.29. The van der Waals surface area contributed by atoms with Crippen molar-refractivity contribution in [1.82, 2.24) is 10.3 Å². The van der Waals surface area contributed by atoms with Crippen LogP contribution in [0.5, 0.6) is 5.75 Å². The summed E-state index contributed by atoms with van der Waals surface area (Å²) in [7, 11) is 1.64. The van der Waals surface area contributed by atoms with Crippen molar-refractivity contribution >= 4 is 18.1 Å². The minimum absolute atomic E-state index is 0.143. The second-order valence-electron chi connectivity index (χ2n) is 6.40. The Hall–Kier alpha value is -2.66. The van der Waals surface area contributed by atoms with Gasteiger partial charge >= 0.3 is 0 Å². The highest BCUT2D eigenvalue weighted by atomic mass is 16.5. The molecule has 0 aliphatic rings. The molecule has 1 N–H and O–H groups in total. The summed E-state index contributed by atoms with van der Waals surface area (Å²) in [6, 6.07) is 11.5. The number of methoxy groups -OCH3 is 1. The van der Waals surface area contributed by atoms with E-state index in [1.54, 1.807) is 33.4 Å². The number of nitrogens with zero attached hydrogens (tertiary/aromatic N) is 1. The first-order valence-corrected chi connectivity index (χ1v) is 8.66. The zero-order valence-corrected chi connectivity index (χ0v) is 15.6. The highest BCUT2D eigenvalue weighted by Crippen LogP contribution is 2.20. The summed E-state index contributed by atoms with van der Waals surface area (Å²) in [5.74, 6) is 0.512. The minimum atomic E-state index is -0.943. The second kappa shape index (κ2) is 9.73. The number of amides is 1. The van der Waals surface area contributed by atoms with Gasteiger partial charge in [-0.2, -0.15) is 0 Å². The van der Waals surface area contributed by atoms with E-state index in [1.165, 1.54) is 0 Å². The van der Waals surface area contributed by atoms with Gasteiger partial charge in [0, 0.05) is 32.7 Å². The van der Waals surface area contributed by atoms with E-state index in [1.807, 2.05) is 48.6 Å². The van der Waals surface area contributed by atoms with Gasteiger partial charge in [0.1, 0.15) is 5.75 Å². The average molecular weight is 354 g/mol. The number of ether oxygens (including phenoxy) is 2. The average Bonchev–Trinajstić information content (AvgIpc) is 2.65. The second-order valence-corrected chi connectivity index (χ2v) is 6.40. The molecular weight excluding hydrogens is 328 g/mol. The summed E-state index contributed by atoms with van der Waals surface area (Å²) >= 11 is 0. The molecule has 0 bridgehead atoms. The van der Waals surface area contributed by atoms with E-state index in [0.717, 1.165) is 17.5 Å². The quantitative estimate of drug-likeness (QED) is 0.700. The molecule has 0 saturated heterocycles. The third kappa shape index (κ3) is 6.33. The number of pyridine rings is 1. The van der Waals surface area contributed by atoms with Crippen molar-refractivity contribution in [3.05, 3.63) is 59.9 Å². The number of benzene rings is 1. The van der Waals surface area contributed by atoms with Crippen molar-refractivity contribution in [1.29, 1.82) is 0 Å². The third-order valence-corrected chi connectivity index (χ3v) is 3.79. The molecule has 5 nitrogen and oxygen atoms in total. The Morgan fingerprint density at radius 3 is 2.31 bits per heavy atom. The number of hydrogen-bond donors (Lipinski definition) is 1. The van der Waals surface area contributed by atoms with Crippen molar-refractivity contribution in [2.75, 3.05) is 20.3 Å². The number of carbonyl (C=O) groups is 1. The first-order valence-electron chi connectivity index (χ1n) is 8.66. The van der Waals surface area contributed by atoms with E-state index in [0.29, 0.717) is 18.9 Å².